The van der Waals surface area contributed by atoms with Gasteiger partial charge in [-0.2, -0.15) is 0 Å². The third kappa shape index (κ3) is 6.32. The highest BCUT2D eigenvalue weighted by Crippen LogP contribution is 2.29. The number of nitrogens with one attached hydrogen (secondary N) is 3. The van der Waals surface area contributed by atoms with E-state index in [1.165, 1.54) is 6.08 Å². The molecule has 2 aliphatic heterocycles. The Balaban J connectivity index is 1.10. The molecule has 2 aliphatic rings. The van der Waals surface area contributed by atoms with Gasteiger partial charge in [0.25, 0.3) is 5.91 Å². The quantitative estimate of drug-likeness (QED) is 0.277. The number of pyridine rings is 1. The van der Waals surface area contributed by atoms with Crippen LogP contribution in [0.5, 0.6) is 0 Å². The first-order valence-electron chi connectivity index (χ1n) is 14.2. The molecule has 11 heteroatoms. The van der Waals surface area contributed by atoms with Crippen LogP contribution in [-0.2, 0) is 16.1 Å². The molecule has 3 N–H and O–H groups in total. The van der Waals surface area contributed by atoms with Gasteiger partial charge in [0.1, 0.15) is 23.5 Å². The predicted molar refractivity (Wildman–Crippen MR) is 161 cm³/mol. The van der Waals surface area contributed by atoms with E-state index in [-0.39, 0.29) is 17.9 Å². The van der Waals surface area contributed by atoms with Crippen LogP contribution in [0.4, 0.5) is 11.5 Å². The van der Waals surface area contributed by atoms with Gasteiger partial charge in [-0.3, -0.25) is 19.5 Å². The zero-order chi connectivity index (χ0) is 28.9. The number of piperidine rings is 1. The van der Waals surface area contributed by atoms with Crippen molar-refractivity contribution in [3.05, 3.63) is 78.9 Å². The summed E-state index contributed by atoms with van der Waals surface area (Å²) in [5.74, 6) is 0.491. The fraction of sp³-hybridized carbons (Fsp3) is 0.323. The van der Waals surface area contributed by atoms with Crippen molar-refractivity contribution >= 4 is 34.4 Å². The van der Waals surface area contributed by atoms with Crippen LogP contribution >= 0.6 is 0 Å². The third-order valence-electron chi connectivity index (χ3n) is 7.67. The summed E-state index contributed by atoms with van der Waals surface area (Å²) in [4.78, 5) is 45.9. The van der Waals surface area contributed by atoms with E-state index in [1.807, 2.05) is 36.4 Å². The molecule has 42 heavy (non-hydrogen) atoms. The van der Waals surface area contributed by atoms with Gasteiger partial charge in [0.05, 0.1) is 18.6 Å². The fourth-order valence-corrected chi connectivity index (χ4v) is 5.57. The Morgan fingerprint density at radius 1 is 1.07 bits per heavy atom. The Labute approximate surface area is 244 Å². The molecule has 4 aromatic rings. The lowest BCUT2D eigenvalue weighted by molar-refractivity contribution is -0.117. The molecule has 0 unspecified atom stereocenters. The number of ether oxygens (including phenoxy) is 1. The number of anilines is 2. The SMILES string of the molecule is C=CC(=O)N[C@H]1CCCN(Cc2ccnc(C(=O)Nc3ccc(-c4cc5c(N6CCOCC6)ncnc5[nH]4)cc3)c2)C1. The van der Waals surface area contributed by atoms with Crippen molar-refractivity contribution in [3.8, 4) is 11.3 Å². The molecule has 11 nitrogen and oxygen atoms in total. The Hall–Kier alpha value is -4.61. The maximum Gasteiger partial charge on any atom is 0.274 e. The molecule has 3 aromatic heterocycles. The van der Waals surface area contributed by atoms with E-state index in [0.717, 1.165) is 72.7 Å². The molecule has 2 fully saturated rings. The Morgan fingerprint density at radius 3 is 2.71 bits per heavy atom. The number of hydrogen-bond acceptors (Lipinski definition) is 8. The van der Waals surface area contributed by atoms with Crippen molar-refractivity contribution in [1.82, 2.24) is 30.2 Å². The van der Waals surface area contributed by atoms with Crippen LogP contribution in [0.15, 0.2) is 67.6 Å². The van der Waals surface area contributed by atoms with Gasteiger partial charge in [-0.15, -0.1) is 0 Å². The van der Waals surface area contributed by atoms with Crippen LogP contribution in [0.3, 0.4) is 0 Å². The summed E-state index contributed by atoms with van der Waals surface area (Å²) in [5.41, 5.74) is 4.72. The molecule has 5 heterocycles. The molecule has 0 saturated carbocycles. The monoisotopic (exact) mass is 566 g/mol. The minimum Gasteiger partial charge on any atom is -0.378 e. The van der Waals surface area contributed by atoms with Gasteiger partial charge in [0.2, 0.25) is 5.91 Å². The normalized spacial score (nSPS) is 17.6. The minimum atomic E-state index is -0.268. The lowest BCUT2D eigenvalue weighted by Crippen LogP contribution is -2.46. The number of likely N-dealkylation sites (tertiary alicyclic amines) is 1. The third-order valence-corrected chi connectivity index (χ3v) is 7.67. The van der Waals surface area contributed by atoms with Crippen LogP contribution in [-0.4, -0.2) is 82.1 Å². The van der Waals surface area contributed by atoms with Crippen LogP contribution in [0.25, 0.3) is 22.3 Å². The van der Waals surface area contributed by atoms with Gasteiger partial charge in [0.15, 0.2) is 0 Å². The summed E-state index contributed by atoms with van der Waals surface area (Å²) in [5, 5.41) is 6.92. The number of hydrogen-bond donors (Lipinski definition) is 3. The molecule has 1 atom stereocenters. The van der Waals surface area contributed by atoms with Crippen molar-refractivity contribution in [1.29, 1.82) is 0 Å². The molecule has 0 radical (unpaired) electrons. The summed E-state index contributed by atoms with van der Waals surface area (Å²) in [6.07, 6.45) is 6.50. The van der Waals surface area contributed by atoms with Gasteiger partial charge in [-0.25, -0.2) is 9.97 Å². The molecule has 0 aliphatic carbocycles. The Bertz CT molecular complexity index is 1580. The van der Waals surface area contributed by atoms with Crippen molar-refractivity contribution < 1.29 is 14.3 Å². The summed E-state index contributed by atoms with van der Waals surface area (Å²) >= 11 is 0. The number of carbonyl (C=O) groups excluding carboxylic acids is 2. The van der Waals surface area contributed by atoms with E-state index in [9.17, 15) is 9.59 Å². The molecule has 0 bridgehead atoms. The zero-order valence-corrected chi connectivity index (χ0v) is 23.4. The van der Waals surface area contributed by atoms with Crippen molar-refractivity contribution in [2.75, 3.05) is 49.6 Å². The van der Waals surface area contributed by atoms with Gasteiger partial charge >= 0.3 is 0 Å². The summed E-state index contributed by atoms with van der Waals surface area (Å²) < 4.78 is 5.49. The number of nitrogens with zero attached hydrogens (tertiary/aromatic N) is 5. The first-order chi connectivity index (χ1) is 20.6. The molecule has 0 spiro atoms. The number of aromatic nitrogens is 4. The topological polar surface area (TPSA) is 128 Å². The molecule has 2 amide bonds. The van der Waals surface area contributed by atoms with E-state index < -0.39 is 0 Å². The fourth-order valence-electron chi connectivity index (χ4n) is 5.57. The van der Waals surface area contributed by atoms with E-state index >= 15 is 0 Å². The summed E-state index contributed by atoms with van der Waals surface area (Å²) in [7, 11) is 0. The van der Waals surface area contributed by atoms with Crippen molar-refractivity contribution in [2.45, 2.75) is 25.4 Å². The number of amides is 2. The molecular formula is C31H34N8O3. The van der Waals surface area contributed by atoms with Crippen LogP contribution in [0, 0.1) is 0 Å². The lowest BCUT2D eigenvalue weighted by atomic mass is 10.0. The van der Waals surface area contributed by atoms with Gasteiger partial charge in [-0.1, -0.05) is 18.7 Å². The molecule has 216 valence electrons. The lowest BCUT2D eigenvalue weighted by Gasteiger charge is -2.33. The summed E-state index contributed by atoms with van der Waals surface area (Å²) in [6, 6.07) is 13.6. The number of aromatic amines is 1. The van der Waals surface area contributed by atoms with Crippen molar-refractivity contribution in [3.63, 3.8) is 0 Å². The van der Waals surface area contributed by atoms with Crippen LogP contribution in [0.2, 0.25) is 0 Å². The highest BCUT2D eigenvalue weighted by atomic mass is 16.5. The highest BCUT2D eigenvalue weighted by molar-refractivity contribution is 6.03. The molecule has 2 saturated heterocycles. The van der Waals surface area contributed by atoms with E-state index in [2.05, 4.69) is 53.0 Å². The van der Waals surface area contributed by atoms with E-state index in [1.54, 1.807) is 12.5 Å². The maximum absolute atomic E-state index is 13.0. The zero-order valence-electron chi connectivity index (χ0n) is 23.4. The smallest absolute Gasteiger partial charge is 0.274 e. The van der Waals surface area contributed by atoms with Crippen molar-refractivity contribution in [2.24, 2.45) is 0 Å². The number of morpholine rings is 1. The minimum absolute atomic E-state index is 0.0981. The van der Waals surface area contributed by atoms with Gasteiger partial charge in [-0.05, 0) is 66.9 Å². The Kier molecular flexibility index (Phi) is 8.20. The maximum atomic E-state index is 13.0. The van der Waals surface area contributed by atoms with Crippen LogP contribution < -0.4 is 15.5 Å². The van der Waals surface area contributed by atoms with Gasteiger partial charge < -0.3 is 25.3 Å². The van der Waals surface area contributed by atoms with Gasteiger partial charge in [0, 0.05) is 49.8 Å². The largest absolute Gasteiger partial charge is 0.378 e. The molecule has 1 aromatic carbocycles. The van der Waals surface area contributed by atoms with Crippen LogP contribution in [0.1, 0.15) is 28.9 Å². The molecular weight excluding hydrogens is 532 g/mol. The highest BCUT2D eigenvalue weighted by Gasteiger charge is 2.21. The standard InChI is InChI=1S/C31H34N8O3/c1-2-28(40)35-24-4-3-11-38(19-24)18-21-9-10-32-27(16-21)31(41)36-23-7-5-22(6-8-23)26-17-25-29(37-26)33-20-34-30(25)39-12-14-42-15-13-39/h2,5-10,16-17,20,24H,1,3-4,11-15,18-19H2,(H,35,40)(H,36,41)(H,33,34,37)/t24-/m0/s1. The average Bonchev–Trinajstić information content (AvgIpc) is 3.47. The predicted octanol–water partition coefficient (Wildman–Crippen LogP) is 3.38. The number of H-pyrrole nitrogens is 1. The second-order valence-corrected chi connectivity index (χ2v) is 10.6. The second-order valence-electron chi connectivity index (χ2n) is 10.6. The first kappa shape index (κ1) is 27.6. The Morgan fingerprint density at radius 2 is 1.90 bits per heavy atom. The summed E-state index contributed by atoms with van der Waals surface area (Å²) in [6.45, 7) is 8.88. The number of carbonyl (C=O) groups is 2. The second kappa shape index (κ2) is 12.5. The number of fused-ring (bicyclic) bond motifs is 1. The molecule has 6 rings (SSSR count). The van der Waals surface area contributed by atoms with E-state index in [0.29, 0.717) is 31.1 Å². The average molecular weight is 567 g/mol. The first-order valence-corrected chi connectivity index (χ1v) is 14.2. The van der Waals surface area contributed by atoms with E-state index in [4.69, 9.17) is 4.74 Å². The number of rotatable bonds is 8. The number of benzene rings is 1.